The van der Waals surface area contributed by atoms with E-state index in [9.17, 15) is 0 Å². The SMILES string of the molecule is C.C.C.C.C.C.C.C.C.C.CC1C(C)(C)CCCC1(C)C.CC1C2CCC(C2)[C@H]1C.CCC1CCCC1.CCC1CCCCC1.CC[C@H]1CC2CCC1C2.C[C@@H]1C2CCC(C2)C1(C)C.C[C@@H]1CCCCC1(C)C.C[C@H]1CC2CCC1(C)C2.C[C@H]1CC2CCC1C2.C[C@H]1CC2CCC1CC2. The van der Waals surface area contributed by atoms with E-state index in [1.807, 2.05) is 0 Å². The number of rotatable bonds is 3. The molecule has 0 aromatic carbocycles. The maximum atomic E-state index is 2.48. The molecule has 0 N–H and O–H groups in total. The van der Waals surface area contributed by atoms with E-state index >= 15 is 0 Å². The van der Waals surface area contributed by atoms with Gasteiger partial charge in [-0.05, 0) is 299 Å². The Labute approximate surface area is 636 Å². The molecule has 17 rings (SSSR count). The first-order chi connectivity index (χ1) is 42.1. The second-order valence-corrected chi connectivity index (χ2v) is 40.0. The van der Waals surface area contributed by atoms with Crippen molar-refractivity contribution < 1.29 is 0 Å². The molecule has 99 heavy (non-hydrogen) atoms. The average molecular weight is 1400 g/mol. The van der Waals surface area contributed by atoms with Gasteiger partial charge in [-0.3, -0.25) is 0 Å². The molecule has 12 bridgehead atoms. The second-order valence-electron chi connectivity index (χ2n) is 40.0. The number of hydrogen-bond acceptors (Lipinski definition) is 0. The molecule has 17 aliphatic carbocycles. The first-order valence-corrected chi connectivity index (χ1v) is 42.1. The Kier molecular flexibility index (Phi) is 51.5. The first kappa shape index (κ1) is 105. The van der Waals surface area contributed by atoms with Gasteiger partial charge in [-0.1, -0.05) is 341 Å². The van der Waals surface area contributed by atoms with Crippen molar-refractivity contribution in [1.29, 1.82) is 0 Å². The molecule has 0 heterocycles. The van der Waals surface area contributed by atoms with E-state index in [-0.39, 0.29) is 74.3 Å². The zero-order chi connectivity index (χ0) is 64.9. The molecular formula is C99H206. The third-order valence-electron chi connectivity index (χ3n) is 33.3. The summed E-state index contributed by atoms with van der Waals surface area (Å²) in [5, 5.41) is 0. The van der Waals surface area contributed by atoms with Gasteiger partial charge >= 0.3 is 0 Å². The molecule has 0 spiro atoms. The molecular weight excluding hydrogens is 1190 g/mol. The fourth-order valence-corrected chi connectivity index (χ4v) is 24.1. The Morgan fingerprint density at radius 2 is 0.707 bits per heavy atom. The Bertz CT molecular complexity index is 1880. The van der Waals surface area contributed by atoms with Gasteiger partial charge in [0, 0.05) is 0 Å². The summed E-state index contributed by atoms with van der Waals surface area (Å²) in [6, 6.07) is 0. The van der Waals surface area contributed by atoms with Gasteiger partial charge in [-0.15, -0.1) is 0 Å². The number of fused-ring (bicyclic) bond motifs is 13. The predicted octanol–water partition coefficient (Wildman–Crippen LogP) is 35.7. The van der Waals surface area contributed by atoms with Crippen LogP contribution in [-0.4, -0.2) is 0 Å². The Morgan fingerprint density at radius 1 is 0.283 bits per heavy atom. The zero-order valence-electron chi connectivity index (χ0n) is 64.9. The van der Waals surface area contributed by atoms with Gasteiger partial charge in [0.25, 0.3) is 0 Å². The van der Waals surface area contributed by atoms with Crippen molar-refractivity contribution in [3.05, 3.63) is 0 Å². The van der Waals surface area contributed by atoms with E-state index in [2.05, 4.69) is 138 Å². The van der Waals surface area contributed by atoms with Crippen LogP contribution in [0.2, 0.25) is 0 Å². The van der Waals surface area contributed by atoms with Crippen LogP contribution in [0.25, 0.3) is 0 Å². The van der Waals surface area contributed by atoms with Crippen LogP contribution >= 0.6 is 0 Å². The van der Waals surface area contributed by atoms with Crippen LogP contribution in [-0.2, 0) is 0 Å². The van der Waals surface area contributed by atoms with E-state index in [0.717, 1.165) is 136 Å². The highest BCUT2D eigenvalue weighted by molar-refractivity contribution is 5.00. The first-order valence-electron chi connectivity index (χ1n) is 42.1. The molecule has 0 aromatic rings. The van der Waals surface area contributed by atoms with Crippen LogP contribution in [0, 0.1) is 157 Å². The van der Waals surface area contributed by atoms with Crippen molar-refractivity contribution in [2.45, 2.75) is 482 Å². The molecule has 11 unspecified atom stereocenters. The standard InChI is InChI=1S/C11H22.C10H18.4C9H16.C9H18.C8H14.C8H16.C7H14.10CH4/c1-9-10(2,3)7-6-8-11(9,4)5;1-7-8-4-5-9(6-8)10(7,2)3;1-7-5-8-3-4-9(7,2)6-8;1-6-7(2)9-4-3-8(6)5-9;1-7-6-8-2-4-9(7)5-3-8;1-2-8-5-7-3-4-9(8)6-7;1-8-6-4-5-7-9(8,2)3;1-6-4-7-2-3-8(6)5-7;1-2-8-6-4-3-5-7-8;1-2-7-5-3-4-6-7;;;;;;;;;;/h9H,6-8H2,1-5H3;7-9H,4-6H2,1-3H3;7-8H,3-6H2,1-2H3;6-9H,3-5H2,1-2H3;2*7-9H,2-6H2,1H3;8H,4-7H2,1-3H3;6-8H,2-5H2,1H3;8H,2-7H2,1H3;7H,2-6H2,1H3;10*1H4/t;2*7-,8?,9?;6-,7?,8?,9?;7-,8?,9?;7?,8-,9?;8-;6-,7?,8?;;;;;;;;;;;;/m.1000010............/s1. The van der Waals surface area contributed by atoms with Crippen molar-refractivity contribution in [2.24, 2.45) is 157 Å². The van der Waals surface area contributed by atoms with Gasteiger partial charge in [-0.25, -0.2) is 0 Å². The predicted molar refractivity (Wildman–Crippen MR) is 464 cm³/mol. The molecule has 0 heteroatoms. The lowest BCUT2D eigenvalue weighted by Crippen LogP contribution is -2.38. The summed E-state index contributed by atoms with van der Waals surface area (Å²) in [7, 11) is 0. The second kappa shape index (κ2) is 48.4. The van der Waals surface area contributed by atoms with Crippen LogP contribution in [0.5, 0.6) is 0 Å². The van der Waals surface area contributed by atoms with Gasteiger partial charge in [0.15, 0.2) is 0 Å². The van der Waals surface area contributed by atoms with Crippen LogP contribution in [0.15, 0.2) is 0 Å². The molecule has 0 radical (unpaired) electrons. The molecule has 0 saturated heterocycles. The van der Waals surface area contributed by atoms with Gasteiger partial charge in [-0.2, -0.15) is 0 Å². The lowest BCUT2D eigenvalue weighted by atomic mass is 9.58. The van der Waals surface area contributed by atoms with E-state index in [4.69, 9.17) is 0 Å². The summed E-state index contributed by atoms with van der Waals surface area (Å²) in [4.78, 5) is 0. The molecule has 0 amide bonds. The molecule has 17 fully saturated rings. The maximum Gasteiger partial charge on any atom is -0.0297 e. The van der Waals surface area contributed by atoms with Crippen molar-refractivity contribution in [3.8, 4) is 0 Å². The molecule has 0 aromatic heterocycles. The topological polar surface area (TPSA) is 0 Å². The largest absolute Gasteiger partial charge is 0.0776 e. The zero-order valence-corrected chi connectivity index (χ0v) is 64.9. The molecule has 0 nitrogen and oxygen atoms in total. The summed E-state index contributed by atoms with van der Waals surface area (Å²) < 4.78 is 0. The highest BCUT2D eigenvalue weighted by Crippen LogP contribution is 2.60. The summed E-state index contributed by atoms with van der Waals surface area (Å²) in [6.45, 7) is 48.2. The van der Waals surface area contributed by atoms with Gasteiger partial charge in [0.05, 0.1) is 0 Å². The highest BCUT2D eigenvalue weighted by atomic mass is 14.6. The van der Waals surface area contributed by atoms with Crippen molar-refractivity contribution in [2.75, 3.05) is 0 Å². The lowest BCUT2D eigenvalue weighted by Gasteiger charge is -2.47. The fraction of sp³-hybridized carbons (Fsp3) is 1.00. The van der Waals surface area contributed by atoms with E-state index < -0.39 is 0 Å². The van der Waals surface area contributed by atoms with Gasteiger partial charge in [0.2, 0.25) is 0 Å². The van der Waals surface area contributed by atoms with Crippen LogP contribution in [0.4, 0.5) is 0 Å². The molecule has 602 valence electrons. The average Bonchev–Trinajstić information content (AvgIpc) is 1.68. The Hall–Kier alpha value is 0. The van der Waals surface area contributed by atoms with Gasteiger partial charge in [0.1, 0.15) is 0 Å². The van der Waals surface area contributed by atoms with Crippen molar-refractivity contribution in [3.63, 3.8) is 0 Å². The minimum Gasteiger partial charge on any atom is -0.0776 e. The lowest BCUT2D eigenvalue weighted by molar-refractivity contribution is 0.0286. The van der Waals surface area contributed by atoms with E-state index in [1.54, 1.807) is 89.9 Å². The molecule has 0 aliphatic heterocycles. The quantitative estimate of drug-likeness (QED) is 0.264. The summed E-state index contributed by atoms with van der Waals surface area (Å²) in [5.41, 5.74) is 3.22. The third-order valence-corrected chi connectivity index (χ3v) is 33.3. The monoisotopic (exact) mass is 1400 g/mol. The van der Waals surface area contributed by atoms with Crippen LogP contribution in [0.3, 0.4) is 0 Å². The smallest absolute Gasteiger partial charge is 0.0297 e. The number of hydrogen-bond donors (Lipinski definition) is 0. The Morgan fingerprint density at radius 3 is 0.939 bits per heavy atom. The summed E-state index contributed by atoms with van der Waals surface area (Å²) in [6.07, 6.45) is 63.4. The summed E-state index contributed by atoms with van der Waals surface area (Å²) in [5.74, 6) is 23.7. The Balaban J connectivity index is -0.000000502. The van der Waals surface area contributed by atoms with Crippen LogP contribution in [0.1, 0.15) is 482 Å². The minimum atomic E-state index is 0. The van der Waals surface area contributed by atoms with E-state index in [0.29, 0.717) is 21.7 Å². The molecule has 17 saturated carbocycles. The third kappa shape index (κ3) is 29.8. The van der Waals surface area contributed by atoms with Crippen LogP contribution < -0.4 is 0 Å². The normalized spacial score (nSPS) is 38.6. The van der Waals surface area contributed by atoms with E-state index in [1.165, 1.54) is 180 Å². The molecule has 17 aliphatic rings. The van der Waals surface area contributed by atoms with Crippen molar-refractivity contribution in [1.82, 2.24) is 0 Å². The maximum absolute atomic E-state index is 2.48. The van der Waals surface area contributed by atoms with Gasteiger partial charge < -0.3 is 0 Å². The van der Waals surface area contributed by atoms with Crippen molar-refractivity contribution >= 4 is 0 Å². The minimum absolute atomic E-state index is 0. The fourth-order valence-electron chi connectivity index (χ4n) is 24.1. The summed E-state index contributed by atoms with van der Waals surface area (Å²) >= 11 is 0. The highest BCUT2D eigenvalue weighted by Gasteiger charge is 2.51. The molecule has 18 atom stereocenters.